The molecule has 0 N–H and O–H groups in total. The molecule has 0 fully saturated rings. The highest BCUT2D eigenvalue weighted by Crippen LogP contribution is 1.74. The fourth-order valence-corrected chi connectivity index (χ4v) is 0. The highest BCUT2D eigenvalue weighted by molar-refractivity contribution is 3.87. The van der Waals surface area contributed by atoms with Crippen LogP contribution in [-0.2, 0) is 0 Å². The Bertz CT molecular complexity index is 60.0. The van der Waals surface area contributed by atoms with Gasteiger partial charge in [-0.25, -0.2) is 0 Å². The molecular formula is C8H24BrIN2. The van der Waals surface area contributed by atoms with Gasteiger partial charge >= 0.3 is 0 Å². The van der Waals surface area contributed by atoms with E-state index in [4.69, 9.17) is 0 Å². The van der Waals surface area contributed by atoms with E-state index in [2.05, 4.69) is 56.4 Å². The van der Waals surface area contributed by atoms with E-state index >= 15 is 0 Å². The molecule has 0 amide bonds. The molecule has 0 rings (SSSR count). The van der Waals surface area contributed by atoms with Crippen molar-refractivity contribution in [3.05, 3.63) is 0 Å². The van der Waals surface area contributed by atoms with E-state index in [9.17, 15) is 0 Å². The number of halogens is 2. The first kappa shape index (κ1) is 23.2. The molecule has 2 nitrogen and oxygen atoms in total. The molecular weight excluding hydrogens is 331 g/mol. The minimum atomic E-state index is 0. The van der Waals surface area contributed by atoms with Crippen LogP contribution in [0.1, 0.15) is 0 Å². The topological polar surface area (TPSA) is 0 Å². The highest BCUT2D eigenvalue weighted by Gasteiger charge is 1.88. The SMILES string of the molecule is C[N+](C)(C)C.C[N+](C)(C)C.[Br-].[I-]. The molecule has 80 valence electrons. The van der Waals surface area contributed by atoms with Crippen LogP contribution >= 0.6 is 0 Å². The second-order valence-corrected chi connectivity index (χ2v) is 5.37. The molecule has 0 aliphatic rings. The van der Waals surface area contributed by atoms with Gasteiger partial charge in [0.25, 0.3) is 0 Å². The average molecular weight is 355 g/mol. The van der Waals surface area contributed by atoms with Crippen LogP contribution in [-0.4, -0.2) is 65.3 Å². The molecule has 4 heteroatoms. The number of hydrogen-bond donors (Lipinski definition) is 0. The van der Waals surface area contributed by atoms with Crippen LogP contribution in [0.25, 0.3) is 0 Å². The van der Waals surface area contributed by atoms with Crippen molar-refractivity contribution in [3.63, 3.8) is 0 Å². The van der Waals surface area contributed by atoms with E-state index in [-0.39, 0.29) is 41.0 Å². The lowest BCUT2D eigenvalue weighted by atomic mass is 10.8. The zero-order chi connectivity index (χ0) is 9.00. The van der Waals surface area contributed by atoms with Gasteiger partial charge < -0.3 is 49.9 Å². The number of rotatable bonds is 0. The van der Waals surface area contributed by atoms with Crippen molar-refractivity contribution in [2.24, 2.45) is 0 Å². The maximum absolute atomic E-state index is 2.12. The molecule has 0 saturated carbocycles. The summed E-state index contributed by atoms with van der Waals surface area (Å²) in [5.74, 6) is 0. The van der Waals surface area contributed by atoms with Crippen LogP contribution in [0, 0.1) is 0 Å². The van der Waals surface area contributed by atoms with Crippen molar-refractivity contribution < 1.29 is 49.9 Å². The summed E-state index contributed by atoms with van der Waals surface area (Å²) in [5, 5.41) is 0. The molecule has 0 unspecified atom stereocenters. The van der Waals surface area contributed by atoms with Crippen molar-refractivity contribution in [2.75, 3.05) is 56.4 Å². The molecule has 0 spiro atoms. The van der Waals surface area contributed by atoms with Gasteiger partial charge in [-0.05, 0) is 0 Å². The summed E-state index contributed by atoms with van der Waals surface area (Å²) in [4.78, 5) is 0. The summed E-state index contributed by atoms with van der Waals surface area (Å²) in [6.45, 7) is 0. The Kier molecular flexibility index (Phi) is 16.8. The van der Waals surface area contributed by atoms with E-state index in [1.54, 1.807) is 0 Å². The van der Waals surface area contributed by atoms with Crippen molar-refractivity contribution in [1.29, 1.82) is 0 Å². The number of nitrogens with zero attached hydrogens (tertiary/aromatic N) is 2. The Morgan fingerprint density at radius 2 is 0.500 bits per heavy atom. The Labute approximate surface area is 106 Å². The van der Waals surface area contributed by atoms with Gasteiger partial charge in [0.2, 0.25) is 0 Å². The molecule has 0 aliphatic heterocycles. The molecule has 0 aliphatic carbocycles. The molecule has 0 saturated heterocycles. The van der Waals surface area contributed by atoms with Gasteiger partial charge in [-0.2, -0.15) is 0 Å². The lowest BCUT2D eigenvalue weighted by Gasteiger charge is -2.14. The molecule has 0 radical (unpaired) electrons. The first-order chi connectivity index (χ1) is 4.00. The van der Waals surface area contributed by atoms with Crippen molar-refractivity contribution in [2.45, 2.75) is 0 Å². The third-order valence-electron chi connectivity index (χ3n) is 0. The van der Waals surface area contributed by atoms with E-state index < -0.39 is 0 Å². The summed E-state index contributed by atoms with van der Waals surface area (Å²) in [6, 6.07) is 0. The Hall–Kier alpha value is 1.13. The van der Waals surface area contributed by atoms with E-state index in [0.717, 1.165) is 8.97 Å². The van der Waals surface area contributed by atoms with Gasteiger partial charge in [-0.1, -0.05) is 0 Å². The van der Waals surface area contributed by atoms with Crippen LogP contribution in [0.5, 0.6) is 0 Å². The molecule has 0 aromatic heterocycles. The first-order valence-electron chi connectivity index (χ1n) is 3.58. The zero-order valence-corrected chi connectivity index (χ0v) is 13.4. The second kappa shape index (κ2) is 8.72. The van der Waals surface area contributed by atoms with Gasteiger partial charge in [0.1, 0.15) is 0 Å². The lowest BCUT2D eigenvalue weighted by molar-refractivity contribution is -0.849. The average Bonchev–Trinajstić information content (AvgIpc) is 1.12. The van der Waals surface area contributed by atoms with Gasteiger partial charge in [0.05, 0.1) is 56.4 Å². The Balaban J connectivity index is -0.0000000457. The molecule has 0 bridgehead atoms. The van der Waals surface area contributed by atoms with E-state index in [1.165, 1.54) is 0 Å². The fraction of sp³-hybridized carbons (Fsp3) is 1.00. The monoisotopic (exact) mass is 354 g/mol. The first-order valence-corrected chi connectivity index (χ1v) is 3.58. The van der Waals surface area contributed by atoms with Crippen LogP contribution < -0.4 is 41.0 Å². The van der Waals surface area contributed by atoms with Crippen LogP contribution in [0.15, 0.2) is 0 Å². The third-order valence-corrected chi connectivity index (χ3v) is 0. The zero-order valence-electron chi connectivity index (χ0n) is 9.65. The second-order valence-electron chi connectivity index (χ2n) is 5.37. The highest BCUT2D eigenvalue weighted by atomic mass is 127. The Morgan fingerprint density at radius 1 is 0.500 bits per heavy atom. The smallest absolute Gasteiger partial charge is 0.0675 e. The normalized spacial score (nSPS) is 10.0. The van der Waals surface area contributed by atoms with Crippen molar-refractivity contribution in [3.8, 4) is 0 Å². The minimum Gasteiger partial charge on any atom is -1.00 e. The summed E-state index contributed by atoms with van der Waals surface area (Å²) in [7, 11) is 17.0. The summed E-state index contributed by atoms with van der Waals surface area (Å²) in [6.07, 6.45) is 0. The molecule has 0 aromatic rings. The van der Waals surface area contributed by atoms with Gasteiger partial charge in [0.15, 0.2) is 0 Å². The summed E-state index contributed by atoms with van der Waals surface area (Å²) >= 11 is 0. The third kappa shape index (κ3) is 894. The molecule has 12 heavy (non-hydrogen) atoms. The predicted octanol–water partition coefficient (Wildman–Crippen LogP) is -5.35. The maximum atomic E-state index is 2.12. The van der Waals surface area contributed by atoms with Crippen LogP contribution in [0.3, 0.4) is 0 Å². The predicted molar refractivity (Wildman–Crippen MR) is 47.9 cm³/mol. The summed E-state index contributed by atoms with van der Waals surface area (Å²) < 4.78 is 2.00. The van der Waals surface area contributed by atoms with Gasteiger partial charge in [0, 0.05) is 0 Å². The summed E-state index contributed by atoms with van der Waals surface area (Å²) in [5.41, 5.74) is 0. The van der Waals surface area contributed by atoms with Crippen LogP contribution in [0.2, 0.25) is 0 Å². The standard InChI is InChI=1S/2C4H12N.BrH.HI/c2*1-5(2,3)4;;/h2*1-4H3;2*1H/q2*+1;;/p-2. The van der Waals surface area contributed by atoms with Gasteiger partial charge in [-0.3, -0.25) is 0 Å². The van der Waals surface area contributed by atoms with Gasteiger partial charge in [-0.15, -0.1) is 0 Å². The van der Waals surface area contributed by atoms with Crippen molar-refractivity contribution in [1.82, 2.24) is 0 Å². The van der Waals surface area contributed by atoms with Crippen molar-refractivity contribution >= 4 is 0 Å². The number of quaternary nitrogens is 2. The maximum Gasteiger partial charge on any atom is 0.0675 e. The Morgan fingerprint density at radius 3 is 0.500 bits per heavy atom. The molecule has 0 atom stereocenters. The molecule has 0 heterocycles. The lowest BCUT2D eigenvalue weighted by Crippen LogP contribution is -3.00. The fourth-order valence-electron chi connectivity index (χ4n) is 0. The molecule has 0 aromatic carbocycles. The number of hydrogen-bond acceptors (Lipinski definition) is 0. The van der Waals surface area contributed by atoms with Crippen LogP contribution in [0.4, 0.5) is 0 Å². The van der Waals surface area contributed by atoms with E-state index in [0.29, 0.717) is 0 Å². The quantitative estimate of drug-likeness (QED) is 0.301. The largest absolute Gasteiger partial charge is 1.00 e. The van der Waals surface area contributed by atoms with E-state index in [1.807, 2.05) is 0 Å². The minimum absolute atomic E-state index is 0.